The van der Waals surface area contributed by atoms with E-state index in [1.807, 2.05) is 18.2 Å². The molecule has 2 aromatic rings. The van der Waals surface area contributed by atoms with Crippen molar-refractivity contribution in [2.75, 3.05) is 26.7 Å². The van der Waals surface area contributed by atoms with E-state index < -0.39 is 10.0 Å². The second kappa shape index (κ2) is 12.6. The van der Waals surface area contributed by atoms with Gasteiger partial charge in [0.2, 0.25) is 15.9 Å². The molecule has 0 spiro atoms. The van der Waals surface area contributed by atoms with Gasteiger partial charge in [-0.25, -0.2) is 12.7 Å². The van der Waals surface area contributed by atoms with Gasteiger partial charge in [0, 0.05) is 38.7 Å². The number of ketones is 1. The molecule has 2 rings (SSSR count). The predicted molar refractivity (Wildman–Crippen MR) is 130 cm³/mol. The number of benzene rings is 2. The van der Waals surface area contributed by atoms with E-state index in [-0.39, 0.29) is 29.6 Å². The van der Waals surface area contributed by atoms with E-state index in [0.29, 0.717) is 18.5 Å². The van der Waals surface area contributed by atoms with E-state index in [1.54, 1.807) is 0 Å². The summed E-state index contributed by atoms with van der Waals surface area (Å²) in [6.07, 6.45) is 0.648. The van der Waals surface area contributed by atoms with Crippen LogP contribution in [0.3, 0.4) is 0 Å². The number of amides is 1. The Morgan fingerprint density at radius 2 is 1.55 bits per heavy atom. The molecule has 0 fully saturated rings. The molecule has 0 radical (unpaired) electrons. The van der Waals surface area contributed by atoms with E-state index in [2.05, 4.69) is 30.1 Å². The minimum absolute atomic E-state index is 0.107. The summed E-state index contributed by atoms with van der Waals surface area (Å²) in [6, 6.07) is 14.0. The minimum atomic E-state index is -3.67. The van der Waals surface area contributed by atoms with Crippen molar-refractivity contribution in [1.82, 2.24) is 14.5 Å². The van der Waals surface area contributed by atoms with Gasteiger partial charge < -0.3 is 5.32 Å². The Bertz CT molecular complexity index is 1030. The van der Waals surface area contributed by atoms with Crippen LogP contribution in [0, 0.1) is 0 Å². The molecule has 0 atom stereocenters. The molecule has 0 aliphatic rings. The van der Waals surface area contributed by atoms with Crippen molar-refractivity contribution >= 4 is 21.7 Å². The summed E-state index contributed by atoms with van der Waals surface area (Å²) in [5, 5.41) is 2.95. The molecular weight excluding hydrogens is 438 g/mol. The first-order valence-electron chi connectivity index (χ1n) is 11.3. The maximum atomic E-state index is 12.7. The van der Waals surface area contributed by atoms with Gasteiger partial charge in [-0.15, -0.1) is 0 Å². The van der Waals surface area contributed by atoms with Gasteiger partial charge in [0.1, 0.15) is 0 Å². The Labute approximate surface area is 197 Å². The Morgan fingerprint density at radius 3 is 2.12 bits per heavy atom. The molecule has 0 unspecified atom stereocenters. The van der Waals surface area contributed by atoms with Crippen LogP contribution in [-0.4, -0.2) is 56.0 Å². The lowest BCUT2D eigenvalue weighted by molar-refractivity contribution is -0.121. The van der Waals surface area contributed by atoms with Crippen LogP contribution in [0.15, 0.2) is 53.4 Å². The van der Waals surface area contributed by atoms with Crippen molar-refractivity contribution < 1.29 is 18.0 Å². The molecule has 33 heavy (non-hydrogen) atoms. The number of sulfonamides is 1. The lowest BCUT2D eigenvalue weighted by Gasteiger charge is -2.20. The summed E-state index contributed by atoms with van der Waals surface area (Å²) >= 11 is 0. The zero-order valence-corrected chi connectivity index (χ0v) is 20.8. The van der Waals surface area contributed by atoms with Gasteiger partial charge in [-0.05, 0) is 49.7 Å². The zero-order valence-electron chi connectivity index (χ0n) is 20.0. The molecule has 8 heteroatoms. The van der Waals surface area contributed by atoms with Gasteiger partial charge in [-0.1, -0.05) is 50.2 Å². The zero-order chi connectivity index (χ0) is 24.4. The fourth-order valence-corrected chi connectivity index (χ4v) is 4.69. The van der Waals surface area contributed by atoms with Gasteiger partial charge in [0.05, 0.1) is 4.90 Å². The van der Waals surface area contributed by atoms with E-state index in [4.69, 9.17) is 0 Å². The van der Waals surface area contributed by atoms with Gasteiger partial charge in [0.15, 0.2) is 5.78 Å². The van der Waals surface area contributed by atoms with E-state index in [0.717, 1.165) is 25.2 Å². The number of hydrogen-bond acceptors (Lipinski definition) is 5. The Hall–Kier alpha value is -2.55. The molecule has 0 aromatic heterocycles. The average molecular weight is 474 g/mol. The highest BCUT2D eigenvalue weighted by atomic mass is 32.2. The first-order chi connectivity index (χ1) is 15.7. The van der Waals surface area contributed by atoms with Crippen LogP contribution in [-0.2, 0) is 27.9 Å². The Kier molecular flexibility index (Phi) is 10.2. The SMILES string of the molecule is CCN(CC)Cc1ccccc1CNC(=O)CCCN(C)S(=O)(=O)c1ccc(C(C)=O)cc1. The van der Waals surface area contributed by atoms with E-state index >= 15 is 0 Å². The number of hydrogen-bond donors (Lipinski definition) is 1. The molecular formula is C25H35N3O4S. The quantitative estimate of drug-likeness (QED) is 0.450. The first-order valence-corrected chi connectivity index (χ1v) is 12.8. The minimum Gasteiger partial charge on any atom is -0.352 e. The fraction of sp³-hybridized carbons (Fsp3) is 0.440. The summed E-state index contributed by atoms with van der Waals surface area (Å²) < 4.78 is 26.7. The van der Waals surface area contributed by atoms with Crippen molar-refractivity contribution in [1.29, 1.82) is 0 Å². The van der Waals surface area contributed by atoms with Crippen molar-refractivity contribution in [2.24, 2.45) is 0 Å². The maximum absolute atomic E-state index is 12.7. The van der Waals surface area contributed by atoms with Crippen LogP contribution in [0.2, 0.25) is 0 Å². The second-order valence-corrected chi connectivity index (χ2v) is 10.1. The molecule has 0 aliphatic carbocycles. The molecule has 0 bridgehead atoms. The molecule has 0 heterocycles. The van der Waals surface area contributed by atoms with Gasteiger partial charge in [0.25, 0.3) is 0 Å². The molecule has 2 aromatic carbocycles. The highest BCUT2D eigenvalue weighted by Crippen LogP contribution is 2.16. The number of carbonyl (C=O) groups excluding carboxylic acids is 2. The summed E-state index contributed by atoms with van der Waals surface area (Å²) in [7, 11) is -2.18. The standard InChI is InChI=1S/C25H35N3O4S/c1-5-28(6-2)19-23-11-8-7-10-22(23)18-26-25(30)12-9-17-27(4)33(31,32)24-15-13-21(14-16-24)20(3)29/h7-8,10-11,13-16H,5-6,9,12,17-19H2,1-4H3,(H,26,30). The van der Waals surface area contributed by atoms with Crippen LogP contribution < -0.4 is 5.32 Å². The van der Waals surface area contributed by atoms with E-state index in [1.165, 1.54) is 48.1 Å². The highest BCUT2D eigenvalue weighted by molar-refractivity contribution is 7.89. The molecule has 0 saturated carbocycles. The van der Waals surface area contributed by atoms with Crippen LogP contribution in [0.25, 0.3) is 0 Å². The lowest BCUT2D eigenvalue weighted by Crippen LogP contribution is -2.30. The monoisotopic (exact) mass is 473 g/mol. The van der Waals surface area contributed by atoms with Crippen molar-refractivity contribution in [3.63, 3.8) is 0 Å². The van der Waals surface area contributed by atoms with Crippen LogP contribution in [0.5, 0.6) is 0 Å². The van der Waals surface area contributed by atoms with Crippen molar-refractivity contribution in [3.8, 4) is 0 Å². The maximum Gasteiger partial charge on any atom is 0.242 e. The van der Waals surface area contributed by atoms with Crippen molar-refractivity contribution in [2.45, 2.75) is 51.6 Å². The molecule has 0 saturated heterocycles. The van der Waals surface area contributed by atoms with Crippen molar-refractivity contribution in [3.05, 3.63) is 65.2 Å². The molecule has 0 aliphatic heterocycles. The normalized spacial score (nSPS) is 11.7. The molecule has 1 N–H and O–H groups in total. The van der Waals surface area contributed by atoms with E-state index in [9.17, 15) is 18.0 Å². The largest absolute Gasteiger partial charge is 0.352 e. The smallest absolute Gasteiger partial charge is 0.242 e. The first kappa shape index (κ1) is 26.7. The number of carbonyl (C=O) groups is 2. The summed E-state index contributed by atoms with van der Waals surface area (Å²) in [5.74, 6) is -0.224. The number of nitrogens with one attached hydrogen (secondary N) is 1. The van der Waals surface area contributed by atoms with Gasteiger partial charge >= 0.3 is 0 Å². The summed E-state index contributed by atoms with van der Waals surface area (Å²) in [4.78, 5) is 26.2. The Morgan fingerprint density at radius 1 is 0.939 bits per heavy atom. The fourth-order valence-electron chi connectivity index (χ4n) is 3.48. The highest BCUT2D eigenvalue weighted by Gasteiger charge is 2.20. The number of rotatable bonds is 13. The number of nitrogens with zero attached hydrogens (tertiary/aromatic N) is 2. The lowest BCUT2D eigenvalue weighted by atomic mass is 10.1. The molecule has 7 nitrogen and oxygen atoms in total. The third kappa shape index (κ3) is 7.77. The third-order valence-corrected chi connectivity index (χ3v) is 7.60. The number of Topliss-reactive ketones (excluding diaryl/α,β-unsaturated/α-hetero) is 1. The van der Waals surface area contributed by atoms with Gasteiger partial charge in [-0.3, -0.25) is 14.5 Å². The van der Waals surface area contributed by atoms with Gasteiger partial charge in [-0.2, -0.15) is 0 Å². The predicted octanol–water partition coefficient (Wildman–Crippen LogP) is 3.45. The molecule has 1 amide bonds. The van der Waals surface area contributed by atoms with Crippen LogP contribution in [0.4, 0.5) is 0 Å². The summed E-state index contributed by atoms with van der Waals surface area (Å²) in [6.45, 7) is 9.15. The topological polar surface area (TPSA) is 86.8 Å². The van der Waals surface area contributed by atoms with Crippen LogP contribution in [0.1, 0.15) is 55.1 Å². The average Bonchev–Trinajstić information content (AvgIpc) is 2.81. The van der Waals surface area contributed by atoms with Crippen LogP contribution >= 0.6 is 0 Å². The summed E-state index contributed by atoms with van der Waals surface area (Å²) in [5.41, 5.74) is 2.75. The third-order valence-electron chi connectivity index (χ3n) is 5.73. The second-order valence-electron chi connectivity index (χ2n) is 8.02. The molecule has 180 valence electrons. The Balaban J connectivity index is 1.85.